The largest absolute Gasteiger partial charge is 0.384 e. The number of nitriles is 1. The summed E-state index contributed by atoms with van der Waals surface area (Å²) in [6.45, 7) is 6.02. The molecule has 0 bridgehead atoms. The van der Waals surface area contributed by atoms with E-state index < -0.39 is 5.95 Å². The average molecular weight is 438 g/mol. The quantitative estimate of drug-likeness (QED) is 0.644. The van der Waals surface area contributed by atoms with Gasteiger partial charge in [-0.1, -0.05) is 0 Å². The van der Waals surface area contributed by atoms with Crippen LogP contribution in [0.1, 0.15) is 48.9 Å². The summed E-state index contributed by atoms with van der Waals surface area (Å²) in [7, 11) is 1.59. The molecule has 2 aromatic rings. The molecule has 2 fully saturated rings. The number of pyridine rings is 2. The Morgan fingerprint density at radius 3 is 2.78 bits per heavy atom. The zero-order valence-corrected chi connectivity index (χ0v) is 18.8. The summed E-state index contributed by atoms with van der Waals surface area (Å²) in [6, 6.07) is 5.70. The Labute approximate surface area is 187 Å². The monoisotopic (exact) mass is 437 g/mol. The highest BCUT2D eigenvalue weighted by atomic mass is 19.1. The summed E-state index contributed by atoms with van der Waals surface area (Å²) in [5.41, 5.74) is 3.12. The van der Waals surface area contributed by atoms with Crippen LogP contribution >= 0.6 is 0 Å². The van der Waals surface area contributed by atoms with E-state index in [4.69, 9.17) is 9.72 Å². The highest BCUT2D eigenvalue weighted by Gasteiger charge is 2.35. The Morgan fingerprint density at radius 1 is 1.38 bits per heavy atom. The van der Waals surface area contributed by atoms with Crippen LogP contribution in [0.3, 0.4) is 0 Å². The van der Waals surface area contributed by atoms with Crippen molar-refractivity contribution in [3.63, 3.8) is 0 Å². The SMILES string of the molecule is COCCC(=O)N1CCN(c2nc(C3CC3)c(-c3cccnc3F)c(C)c2C#N)CC1C. The molecule has 7 nitrogen and oxygen atoms in total. The van der Waals surface area contributed by atoms with Crippen molar-refractivity contribution < 1.29 is 13.9 Å². The normalized spacial score (nSPS) is 18.5. The lowest BCUT2D eigenvalue weighted by Gasteiger charge is -2.41. The summed E-state index contributed by atoms with van der Waals surface area (Å²) < 4.78 is 19.6. The Bertz CT molecular complexity index is 1060. The molecule has 0 aromatic carbocycles. The lowest BCUT2D eigenvalue weighted by molar-refractivity contribution is -0.134. The minimum absolute atomic E-state index is 0.0124. The molecule has 1 amide bonds. The van der Waals surface area contributed by atoms with Crippen LogP contribution in [0.4, 0.5) is 10.2 Å². The van der Waals surface area contributed by atoms with E-state index in [1.54, 1.807) is 19.2 Å². The lowest BCUT2D eigenvalue weighted by Crippen LogP contribution is -2.54. The van der Waals surface area contributed by atoms with Gasteiger partial charge in [-0.25, -0.2) is 9.97 Å². The van der Waals surface area contributed by atoms with Gasteiger partial charge in [0.25, 0.3) is 0 Å². The van der Waals surface area contributed by atoms with E-state index in [-0.39, 0.29) is 17.9 Å². The smallest absolute Gasteiger partial charge is 0.225 e. The minimum atomic E-state index is -0.548. The summed E-state index contributed by atoms with van der Waals surface area (Å²) in [4.78, 5) is 25.2. The van der Waals surface area contributed by atoms with Crippen LogP contribution in [-0.2, 0) is 9.53 Å². The van der Waals surface area contributed by atoms with Crippen molar-refractivity contribution in [1.29, 1.82) is 5.26 Å². The lowest BCUT2D eigenvalue weighted by atomic mass is 9.94. The zero-order chi connectivity index (χ0) is 22.8. The maximum atomic E-state index is 14.6. The molecule has 0 spiro atoms. The van der Waals surface area contributed by atoms with Gasteiger partial charge in [0.1, 0.15) is 11.9 Å². The Balaban J connectivity index is 1.70. The first-order valence-electron chi connectivity index (χ1n) is 11.0. The molecule has 8 heteroatoms. The number of carbonyl (C=O) groups excluding carboxylic acids is 1. The van der Waals surface area contributed by atoms with E-state index in [0.29, 0.717) is 55.2 Å². The van der Waals surface area contributed by atoms with E-state index in [1.807, 2.05) is 18.7 Å². The number of methoxy groups -OCH3 is 1. The van der Waals surface area contributed by atoms with Crippen LogP contribution in [0.5, 0.6) is 0 Å². The molecule has 4 rings (SSSR count). The predicted molar refractivity (Wildman–Crippen MR) is 119 cm³/mol. The number of aromatic nitrogens is 2. The summed E-state index contributed by atoms with van der Waals surface area (Å²) >= 11 is 0. The van der Waals surface area contributed by atoms with E-state index >= 15 is 0 Å². The number of piperazine rings is 1. The van der Waals surface area contributed by atoms with Crippen molar-refractivity contribution in [2.24, 2.45) is 0 Å². The number of nitrogens with zero attached hydrogens (tertiary/aromatic N) is 5. The number of carbonyl (C=O) groups is 1. The van der Waals surface area contributed by atoms with Crippen molar-refractivity contribution in [3.05, 3.63) is 41.1 Å². The molecule has 0 N–H and O–H groups in total. The molecular weight excluding hydrogens is 409 g/mol. The number of anilines is 1. The third-order valence-electron chi connectivity index (χ3n) is 6.33. The van der Waals surface area contributed by atoms with Gasteiger partial charge >= 0.3 is 0 Å². The number of hydrogen-bond donors (Lipinski definition) is 0. The van der Waals surface area contributed by atoms with Crippen molar-refractivity contribution in [2.45, 2.75) is 45.1 Å². The maximum Gasteiger partial charge on any atom is 0.225 e. The second-order valence-corrected chi connectivity index (χ2v) is 8.55. The zero-order valence-electron chi connectivity index (χ0n) is 18.8. The van der Waals surface area contributed by atoms with E-state index in [2.05, 4.69) is 16.0 Å². The summed E-state index contributed by atoms with van der Waals surface area (Å²) in [6.07, 6.45) is 3.79. The van der Waals surface area contributed by atoms with E-state index in [1.165, 1.54) is 6.20 Å². The molecule has 168 valence electrons. The average Bonchev–Trinajstić information content (AvgIpc) is 3.63. The van der Waals surface area contributed by atoms with Crippen LogP contribution in [-0.4, -0.2) is 60.2 Å². The van der Waals surface area contributed by atoms with Crippen molar-refractivity contribution >= 4 is 11.7 Å². The number of halogens is 1. The molecular formula is C24H28FN5O2. The van der Waals surface area contributed by atoms with Crippen molar-refractivity contribution in [2.75, 3.05) is 38.3 Å². The maximum absolute atomic E-state index is 14.6. The van der Waals surface area contributed by atoms with Gasteiger partial charge in [0.05, 0.1) is 24.3 Å². The van der Waals surface area contributed by atoms with Crippen LogP contribution in [0.2, 0.25) is 0 Å². The standard InChI is InChI=1S/C24H28FN5O2/c1-15-14-29(10-11-30(15)20(31)8-12-32-3)24-19(13-26)16(2)21(22(28-24)17-6-7-17)18-5-4-9-27-23(18)25/h4-5,9,15,17H,6-8,10-12,14H2,1-3H3. The molecule has 1 aliphatic carbocycles. The van der Waals surface area contributed by atoms with Gasteiger partial charge < -0.3 is 14.5 Å². The van der Waals surface area contributed by atoms with Gasteiger partial charge in [0, 0.05) is 56.0 Å². The van der Waals surface area contributed by atoms with Crippen LogP contribution in [0, 0.1) is 24.2 Å². The van der Waals surface area contributed by atoms with Gasteiger partial charge in [0.15, 0.2) is 0 Å². The van der Waals surface area contributed by atoms with Crippen LogP contribution < -0.4 is 4.90 Å². The van der Waals surface area contributed by atoms with E-state index in [0.717, 1.165) is 24.1 Å². The van der Waals surface area contributed by atoms with Crippen molar-refractivity contribution in [1.82, 2.24) is 14.9 Å². The Morgan fingerprint density at radius 2 is 2.16 bits per heavy atom. The fraction of sp³-hybridized carbons (Fsp3) is 0.500. The van der Waals surface area contributed by atoms with Gasteiger partial charge in [-0.15, -0.1) is 0 Å². The molecule has 3 heterocycles. The minimum Gasteiger partial charge on any atom is -0.384 e. The fourth-order valence-electron chi connectivity index (χ4n) is 4.49. The fourth-order valence-corrected chi connectivity index (χ4v) is 4.49. The predicted octanol–water partition coefficient (Wildman–Crippen LogP) is 3.41. The van der Waals surface area contributed by atoms with Crippen molar-refractivity contribution in [3.8, 4) is 17.2 Å². The second kappa shape index (κ2) is 9.21. The van der Waals surface area contributed by atoms with Crippen LogP contribution in [0.15, 0.2) is 18.3 Å². The number of ether oxygens (including phenoxy) is 1. The molecule has 1 saturated heterocycles. The molecule has 2 aromatic heterocycles. The first kappa shape index (κ1) is 22.2. The molecule has 1 unspecified atom stereocenters. The first-order chi connectivity index (χ1) is 15.5. The molecule has 0 radical (unpaired) electrons. The molecule has 2 aliphatic rings. The highest BCUT2D eigenvalue weighted by Crippen LogP contribution is 2.46. The van der Waals surface area contributed by atoms with E-state index in [9.17, 15) is 14.4 Å². The third kappa shape index (κ3) is 4.17. The molecule has 1 saturated carbocycles. The molecule has 32 heavy (non-hydrogen) atoms. The van der Waals surface area contributed by atoms with Gasteiger partial charge in [-0.05, 0) is 44.4 Å². The number of rotatable bonds is 6. The summed E-state index contributed by atoms with van der Waals surface area (Å²) in [5.74, 6) is 0.428. The summed E-state index contributed by atoms with van der Waals surface area (Å²) in [5, 5.41) is 10.0. The third-order valence-corrected chi connectivity index (χ3v) is 6.33. The highest BCUT2D eigenvalue weighted by molar-refractivity contribution is 5.78. The second-order valence-electron chi connectivity index (χ2n) is 8.55. The van der Waals surface area contributed by atoms with Gasteiger partial charge in [-0.3, -0.25) is 4.79 Å². The Kier molecular flexibility index (Phi) is 6.38. The Hall–Kier alpha value is -3.05. The van der Waals surface area contributed by atoms with Gasteiger partial charge in [-0.2, -0.15) is 9.65 Å². The molecule has 1 aliphatic heterocycles. The topological polar surface area (TPSA) is 82.3 Å². The number of amides is 1. The number of hydrogen-bond acceptors (Lipinski definition) is 6. The first-order valence-corrected chi connectivity index (χ1v) is 11.0. The van der Waals surface area contributed by atoms with Crippen LogP contribution in [0.25, 0.3) is 11.1 Å². The van der Waals surface area contributed by atoms with Gasteiger partial charge in [0.2, 0.25) is 11.9 Å². The molecule has 1 atom stereocenters.